The maximum absolute atomic E-state index is 6.04. The van der Waals surface area contributed by atoms with E-state index in [1.165, 1.54) is 11.1 Å². The Hall–Kier alpha value is -0.570. The van der Waals surface area contributed by atoms with Gasteiger partial charge in [-0.3, -0.25) is 4.90 Å². The summed E-state index contributed by atoms with van der Waals surface area (Å²) in [6.45, 7) is 7.24. The van der Waals surface area contributed by atoms with E-state index in [4.69, 9.17) is 17.3 Å². The van der Waals surface area contributed by atoms with Gasteiger partial charge < -0.3 is 5.73 Å². The molecule has 0 aromatic heterocycles. The third-order valence-corrected chi connectivity index (χ3v) is 3.34. The molecule has 3 heteroatoms. The molecule has 0 saturated heterocycles. The Balaban J connectivity index is 2.26. The van der Waals surface area contributed by atoms with Crippen LogP contribution in [0.25, 0.3) is 0 Å². The molecule has 0 spiro atoms. The maximum Gasteiger partial charge on any atom is 0.0477 e. The molecular formula is C13H19ClN2. The Morgan fingerprint density at radius 1 is 1.50 bits per heavy atom. The predicted molar refractivity (Wildman–Crippen MR) is 68.5 cm³/mol. The summed E-state index contributed by atoms with van der Waals surface area (Å²) >= 11 is 6.04. The van der Waals surface area contributed by atoms with Gasteiger partial charge in [-0.25, -0.2) is 0 Å². The number of rotatable bonds is 3. The average molecular weight is 239 g/mol. The van der Waals surface area contributed by atoms with Crippen LogP contribution in [0.3, 0.4) is 0 Å². The second-order valence-corrected chi connectivity index (χ2v) is 5.35. The SMILES string of the molecule is CC(C)CN1Cc2ccc(Cl)cc2C1CN. The third-order valence-electron chi connectivity index (χ3n) is 3.10. The van der Waals surface area contributed by atoms with E-state index in [0.717, 1.165) is 18.1 Å². The first kappa shape index (κ1) is 11.9. The Morgan fingerprint density at radius 2 is 2.25 bits per heavy atom. The van der Waals surface area contributed by atoms with Crippen LogP contribution in [0.4, 0.5) is 0 Å². The predicted octanol–water partition coefficient (Wildman–Crippen LogP) is 2.81. The van der Waals surface area contributed by atoms with Crippen LogP contribution in [-0.2, 0) is 6.54 Å². The van der Waals surface area contributed by atoms with Crippen molar-refractivity contribution >= 4 is 11.6 Å². The number of halogens is 1. The zero-order valence-corrected chi connectivity index (χ0v) is 10.7. The molecule has 0 radical (unpaired) electrons. The average Bonchev–Trinajstić information content (AvgIpc) is 2.53. The summed E-state index contributed by atoms with van der Waals surface area (Å²) in [5.41, 5.74) is 8.57. The number of nitrogens with two attached hydrogens (primary N) is 1. The molecule has 2 rings (SSSR count). The van der Waals surface area contributed by atoms with Crippen molar-refractivity contribution in [2.45, 2.75) is 26.4 Å². The van der Waals surface area contributed by atoms with E-state index in [-0.39, 0.29) is 0 Å². The first-order valence-corrected chi connectivity index (χ1v) is 6.22. The van der Waals surface area contributed by atoms with Gasteiger partial charge in [0.1, 0.15) is 0 Å². The van der Waals surface area contributed by atoms with Crippen LogP contribution in [0.1, 0.15) is 31.0 Å². The molecule has 1 aliphatic rings. The highest BCUT2D eigenvalue weighted by molar-refractivity contribution is 6.30. The minimum absolute atomic E-state index is 0.344. The van der Waals surface area contributed by atoms with Gasteiger partial charge in [0.05, 0.1) is 0 Å². The summed E-state index contributed by atoms with van der Waals surface area (Å²) in [4.78, 5) is 2.45. The van der Waals surface area contributed by atoms with Gasteiger partial charge in [0.25, 0.3) is 0 Å². The maximum atomic E-state index is 6.04. The van der Waals surface area contributed by atoms with Crippen LogP contribution < -0.4 is 5.73 Å². The van der Waals surface area contributed by atoms with Crippen LogP contribution >= 0.6 is 11.6 Å². The highest BCUT2D eigenvalue weighted by Crippen LogP contribution is 2.34. The number of benzene rings is 1. The fourth-order valence-corrected chi connectivity index (χ4v) is 2.66. The zero-order chi connectivity index (χ0) is 11.7. The molecule has 1 unspecified atom stereocenters. The van der Waals surface area contributed by atoms with E-state index >= 15 is 0 Å². The standard InChI is InChI=1S/C13H19ClN2/c1-9(2)7-16-8-10-3-4-11(14)5-12(10)13(16)6-15/h3-5,9,13H,6-8,15H2,1-2H3. The molecule has 0 bridgehead atoms. The van der Waals surface area contributed by atoms with E-state index < -0.39 is 0 Å². The smallest absolute Gasteiger partial charge is 0.0477 e. The minimum atomic E-state index is 0.344. The fraction of sp³-hybridized carbons (Fsp3) is 0.538. The summed E-state index contributed by atoms with van der Waals surface area (Å²) in [5.74, 6) is 0.666. The monoisotopic (exact) mass is 238 g/mol. The molecule has 2 N–H and O–H groups in total. The van der Waals surface area contributed by atoms with E-state index in [1.54, 1.807) is 0 Å². The molecule has 1 heterocycles. The number of nitrogens with zero attached hydrogens (tertiary/aromatic N) is 1. The van der Waals surface area contributed by atoms with E-state index in [2.05, 4.69) is 30.9 Å². The van der Waals surface area contributed by atoms with Gasteiger partial charge in [-0.15, -0.1) is 0 Å². The third kappa shape index (κ3) is 2.24. The Labute approximate surface area is 102 Å². The van der Waals surface area contributed by atoms with Crippen molar-refractivity contribution < 1.29 is 0 Å². The normalized spacial score (nSPS) is 20.4. The highest BCUT2D eigenvalue weighted by Gasteiger charge is 2.29. The van der Waals surface area contributed by atoms with Crippen LogP contribution in [-0.4, -0.2) is 18.0 Å². The summed E-state index contributed by atoms with van der Waals surface area (Å²) in [6.07, 6.45) is 0. The Kier molecular flexibility index (Phi) is 3.53. The molecule has 0 saturated carbocycles. The summed E-state index contributed by atoms with van der Waals surface area (Å²) in [5, 5.41) is 0.809. The molecule has 1 atom stereocenters. The van der Waals surface area contributed by atoms with Gasteiger partial charge in [0, 0.05) is 30.7 Å². The molecule has 1 aromatic rings. The molecular weight excluding hydrogens is 220 g/mol. The van der Waals surface area contributed by atoms with Crippen LogP contribution in [0.15, 0.2) is 18.2 Å². The van der Waals surface area contributed by atoms with Crippen molar-refractivity contribution in [3.8, 4) is 0 Å². The first-order valence-electron chi connectivity index (χ1n) is 5.84. The van der Waals surface area contributed by atoms with Crippen molar-refractivity contribution in [2.24, 2.45) is 11.7 Å². The summed E-state index contributed by atoms with van der Waals surface area (Å²) in [7, 11) is 0. The second-order valence-electron chi connectivity index (χ2n) is 4.92. The van der Waals surface area contributed by atoms with Crippen molar-refractivity contribution in [3.05, 3.63) is 34.3 Å². The summed E-state index contributed by atoms with van der Waals surface area (Å²) < 4.78 is 0. The van der Waals surface area contributed by atoms with Gasteiger partial charge >= 0.3 is 0 Å². The van der Waals surface area contributed by atoms with Crippen LogP contribution in [0.2, 0.25) is 5.02 Å². The van der Waals surface area contributed by atoms with E-state index in [9.17, 15) is 0 Å². The van der Waals surface area contributed by atoms with Gasteiger partial charge in [0.2, 0.25) is 0 Å². The lowest BCUT2D eigenvalue weighted by atomic mass is 10.0. The van der Waals surface area contributed by atoms with Gasteiger partial charge in [0.15, 0.2) is 0 Å². The lowest BCUT2D eigenvalue weighted by Crippen LogP contribution is -2.30. The van der Waals surface area contributed by atoms with E-state index in [0.29, 0.717) is 18.5 Å². The summed E-state index contributed by atoms with van der Waals surface area (Å²) in [6, 6.07) is 6.50. The molecule has 1 aromatic carbocycles. The van der Waals surface area contributed by atoms with Crippen molar-refractivity contribution in [3.63, 3.8) is 0 Å². The minimum Gasteiger partial charge on any atom is -0.329 e. The molecule has 0 amide bonds. The van der Waals surface area contributed by atoms with Gasteiger partial charge in [-0.1, -0.05) is 31.5 Å². The lowest BCUT2D eigenvalue weighted by molar-refractivity contribution is 0.195. The number of fused-ring (bicyclic) bond motifs is 1. The Bertz CT molecular complexity index is 376. The van der Waals surface area contributed by atoms with Gasteiger partial charge in [-0.2, -0.15) is 0 Å². The quantitative estimate of drug-likeness (QED) is 0.878. The number of hydrogen-bond acceptors (Lipinski definition) is 2. The van der Waals surface area contributed by atoms with Crippen LogP contribution in [0.5, 0.6) is 0 Å². The molecule has 1 aliphatic heterocycles. The van der Waals surface area contributed by atoms with Gasteiger partial charge in [-0.05, 0) is 29.2 Å². The number of hydrogen-bond donors (Lipinski definition) is 1. The van der Waals surface area contributed by atoms with Crippen molar-refractivity contribution in [1.29, 1.82) is 0 Å². The second kappa shape index (κ2) is 4.74. The molecule has 2 nitrogen and oxygen atoms in total. The van der Waals surface area contributed by atoms with Crippen LogP contribution in [0, 0.1) is 5.92 Å². The van der Waals surface area contributed by atoms with E-state index in [1.807, 2.05) is 6.07 Å². The molecule has 16 heavy (non-hydrogen) atoms. The highest BCUT2D eigenvalue weighted by atomic mass is 35.5. The zero-order valence-electron chi connectivity index (χ0n) is 9.91. The Morgan fingerprint density at radius 3 is 2.88 bits per heavy atom. The fourth-order valence-electron chi connectivity index (χ4n) is 2.48. The van der Waals surface area contributed by atoms with Crippen molar-refractivity contribution in [1.82, 2.24) is 4.90 Å². The first-order chi connectivity index (χ1) is 7.61. The largest absolute Gasteiger partial charge is 0.329 e. The topological polar surface area (TPSA) is 29.3 Å². The van der Waals surface area contributed by atoms with Crippen molar-refractivity contribution in [2.75, 3.05) is 13.1 Å². The molecule has 0 aliphatic carbocycles. The molecule has 88 valence electrons. The lowest BCUT2D eigenvalue weighted by Gasteiger charge is -2.25. The molecule has 0 fully saturated rings.